The van der Waals surface area contributed by atoms with Crippen molar-refractivity contribution in [3.63, 3.8) is 0 Å². The molecule has 7 heteroatoms. The van der Waals surface area contributed by atoms with Crippen LogP contribution in [0, 0.1) is 0 Å². The Hall–Kier alpha value is -3.35. The highest BCUT2D eigenvalue weighted by Gasteiger charge is 2.16. The highest BCUT2D eigenvalue weighted by atomic mass is 16.5. The molecule has 1 aliphatic carbocycles. The number of ether oxygens (including phenoxy) is 1. The van der Waals surface area contributed by atoms with Crippen LogP contribution in [0.3, 0.4) is 0 Å². The molecular formula is C19H16N4O3. The maximum atomic E-state index is 12.3. The van der Waals surface area contributed by atoms with Gasteiger partial charge in [-0.3, -0.25) is 4.79 Å². The van der Waals surface area contributed by atoms with E-state index in [2.05, 4.69) is 15.5 Å². The average Bonchev–Trinajstić information content (AvgIpc) is 3.37. The number of tetrazole rings is 1. The first-order chi connectivity index (χ1) is 12.7. The molecule has 0 atom stereocenters. The third-order valence-electron chi connectivity index (χ3n) is 4.47. The number of benzene rings is 2. The van der Waals surface area contributed by atoms with Gasteiger partial charge in [-0.2, -0.15) is 0 Å². The number of hydrogen-bond acceptors (Lipinski definition) is 6. The van der Waals surface area contributed by atoms with Gasteiger partial charge in [-0.1, -0.05) is 12.1 Å². The molecule has 0 spiro atoms. The number of aromatic nitrogens is 4. The summed E-state index contributed by atoms with van der Waals surface area (Å²) in [6, 6.07) is 12.3. The SMILES string of the molecule is O=C(COC(=O)c1ccc(-n2cnnn2)cc1)c1ccc2c(c1)CCC2. The Morgan fingerprint density at radius 3 is 2.54 bits per heavy atom. The van der Waals surface area contributed by atoms with Gasteiger partial charge in [0, 0.05) is 5.56 Å². The van der Waals surface area contributed by atoms with Crippen LogP contribution >= 0.6 is 0 Å². The Balaban J connectivity index is 1.38. The largest absolute Gasteiger partial charge is 0.454 e. The van der Waals surface area contributed by atoms with E-state index in [9.17, 15) is 9.59 Å². The van der Waals surface area contributed by atoms with Gasteiger partial charge < -0.3 is 4.74 Å². The van der Waals surface area contributed by atoms with Gasteiger partial charge in [0.2, 0.25) is 0 Å². The zero-order chi connectivity index (χ0) is 17.9. The number of rotatable bonds is 5. The lowest BCUT2D eigenvalue weighted by molar-refractivity contribution is 0.0475. The van der Waals surface area contributed by atoms with Crippen LogP contribution in [0.25, 0.3) is 5.69 Å². The lowest BCUT2D eigenvalue weighted by atomic mass is 10.0. The molecule has 0 saturated heterocycles. The number of carbonyl (C=O) groups is 2. The highest BCUT2D eigenvalue weighted by Crippen LogP contribution is 2.23. The smallest absolute Gasteiger partial charge is 0.338 e. The zero-order valence-corrected chi connectivity index (χ0v) is 14.0. The number of Topliss-reactive ketones (excluding diaryl/α,β-unsaturated/α-hetero) is 1. The molecule has 0 unspecified atom stereocenters. The van der Waals surface area contributed by atoms with Crippen molar-refractivity contribution in [3.8, 4) is 5.69 Å². The van der Waals surface area contributed by atoms with Gasteiger partial charge in [0.05, 0.1) is 11.3 Å². The molecule has 130 valence electrons. The van der Waals surface area contributed by atoms with Gasteiger partial charge in [0.1, 0.15) is 6.33 Å². The van der Waals surface area contributed by atoms with Gasteiger partial charge in [0.15, 0.2) is 12.4 Å². The van der Waals surface area contributed by atoms with Gasteiger partial charge in [-0.05, 0) is 71.1 Å². The van der Waals surface area contributed by atoms with E-state index in [1.54, 1.807) is 30.3 Å². The number of aryl methyl sites for hydroxylation is 2. The second-order valence-electron chi connectivity index (χ2n) is 6.14. The van der Waals surface area contributed by atoms with Gasteiger partial charge in [-0.25, -0.2) is 9.48 Å². The molecule has 0 bridgehead atoms. The zero-order valence-electron chi connectivity index (χ0n) is 14.0. The first-order valence-electron chi connectivity index (χ1n) is 8.36. The number of ketones is 1. The van der Waals surface area contributed by atoms with Crippen molar-refractivity contribution in [2.75, 3.05) is 6.61 Å². The molecule has 7 nitrogen and oxygen atoms in total. The van der Waals surface area contributed by atoms with Crippen molar-refractivity contribution < 1.29 is 14.3 Å². The van der Waals surface area contributed by atoms with Gasteiger partial charge in [0.25, 0.3) is 0 Å². The molecule has 0 saturated carbocycles. The Kier molecular flexibility index (Phi) is 4.27. The lowest BCUT2D eigenvalue weighted by Crippen LogP contribution is -2.14. The Bertz CT molecular complexity index is 949. The summed E-state index contributed by atoms with van der Waals surface area (Å²) in [5.41, 5.74) is 4.21. The summed E-state index contributed by atoms with van der Waals surface area (Å²) in [4.78, 5) is 24.4. The summed E-state index contributed by atoms with van der Waals surface area (Å²) in [7, 11) is 0. The van der Waals surface area contributed by atoms with E-state index in [1.807, 2.05) is 12.1 Å². The summed E-state index contributed by atoms with van der Waals surface area (Å²) in [6.45, 7) is -0.271. The molecule has 1 aliphatic rings. The molecule has 4 rings (SSSR count). The number of fused-ring (bicyclic) bond motifs is 1. The van der Waals surface area contributed by atoms with Gasteiger partial charge in [-0.15, -0.1) is 5.10 Å². The Labute approximate surface area is 149 Å². The molecule has 0 amide bonds. The average molecular weight is 348 g/mol. The summed E-state index contributed by atoms with van der Waals surface area (Å²) in [5, 5.41) is 10.9. The van der Waals surface area contributed by atoms with Gasteiger partial charge >= 0.3 is 5.97 Å². The van der Waals surface area contributed by atoms with Crippen LogP contribution < -0.4 is 0 Å². The molecule has 2 aromatic carbocycles. The minimum atomic E-state index is -0.539. The molecule has 0 fully saturated rings. The van der Waals surface area contributed by atoms with E-state index < -0.39 is 5.97 Å². The molecule has 26 heavy (non-hydrogen) atoms. The first-order valence-corrected chi connectivity index (χ1v) is 8.36. The number of hydrogen-bond donors (Lipinski definition) is 0. The summed E-state index contributed by atoms with van der Waals surface area (Å²) in [5.74, 6) is -0.735. The maximum absolute atomic E-state index is 12.3. The molecule has 3 aromatic rings. The van der Waals surface area contributed by atoms with E-state index >= 15 is 0 Å². The van der Waals surface area contributed by atoms with Crippen LogP contribution in [-0.2, 0) is 17.6 Å². The van der Waals surface area contributed by atoms with E-state index in [4.69, 9.17) is 4.74 Å². The maximum Gasteiger partial charge on any atom is 0.338 e. The number of esters is 1. The molecule has 0 radical (unpaired) electrons. The summed E-state index contributed by atoms with van der Waals surface area (Å²) in [6.07, 6.45) is 4.66. The van der Waals surface area contributed by atoms with Crippen molar-refractivity contribution in [1.82, 2.24) is 20.2 Å². The fourth-order valence-electron chi connectivity index (χ4n) is 3.07. The second kappa shape index (κ2) is 6.87. The topological polar surface area (TPSA) is 87.0 Å². The van der Waals surface area contributed by atoms with Crippen molar-refractivity contribution in [2.24, 2.45) is 0 Å². The first kappa shape index (κ1) is 16.1. The van der Waals surface area contributed by atoms with E-state index in [1.165, 1.54) is 22.1 Å². The predicted octanol–water partition coefficient (Wildman–Crippen LogP) is 2.19. The van der Waals surface area contributed by atoms with Crippen LogP contribution in [0.1, 0.15) is 38.3 Å². The third-order valence-corrected chi connectivity index (χ3v) is 4.47. The summed E-state index contributed by atoms with van der Waals surface area (Å²) >= 11 is 0. The normalized spacial score (nSPS) is 12.6. The minimum absolute atomic E-state index is 0.196. The molecule has 0 aliphatic heterocycles. The highest BCUT2D eigenvalue weighted by molar-refractivity contribution is 5.99. The van der Waals surface area contributed by atoms with Crippen molar-refractivity contribution >= 4 is 11.8 Å². The van der Waals surface area contributed by atoms with Crippen LogP contribution in [0.5, 0.6) is 0 Å². The van der Waals surface area contributed by atoms with Crippen LogP contribution in [0.15, 0.2) is 48.8 Å². The fourth-order valence-corrected chi connectivity index (χ4v) is 3.07. The Morgan fingerprint density at radius 1 is 1.00 bits per heavy atom. The molecule has 0 N–H and O–H groups in total. The third kappa shape index (κ3) is 3.23. The summed E-state index contributed by atoms with van der Waals surface area (Å²) < 4.78 is 6.64. The van der Waals surface area contributed by atoms with E-state index in [0.29, 0.717) is 11.1 Å². The quantitative estimate of drug-likeness (QED) is 0.519. The molecule has 1 heterocycles. The Morgan fingerprint density at radius 2 is 1.77 bits per heavy atom. The van der Waals surface area contributed by atoms with Crippen LogP contribution in [-0.4, -0.2) is 38.6 Å². The lowest BCUT2D eigenvalue weighted by Gasteiger charge is -2.07. The predicted molar refractivity (Wildman–Crippen MR) is 92.2 cm³/mol. The standard InChI is InChI=1S/C19H16N4O3/c24-18(16-5-4-13-2-1-3-15(13)10-16)11-26-19(25)14-6-8-17(9-7-14)23-12-20-21-22-23/h4-10,12H,1-3,11H2. The fraction of sp³-hybridized carbons (Fsp3) is 0.211. The van der Waals surface area contributed by atoms with Crippen molar-refractivity contribution in [3.05, 3.63) is 71.0 Å². The molecular weight excluding hydrogens is 332 g/mol. The van der Waals surface area contributed by atoms with Crippen molar-refractivity contribution in [1.29, 1.82) is 0 Å². The van der Waals surface area contributed by atoms with Crippen molar-refractivity contribution in [2.45, 2.75) is 19.3 Å². The second-order valence-corrected chi connectivity index (χ2v) is 6.14. The van der Waals surface area contributed by atoms with E-state index in [-0.39, 0.29) is 12.4 Å². The minimum Gasteiger partial charge on any atom is -0.454 e. The number of carbonyl (C=O) groups excluding carboxylic acids is 2. The van der Waals surface area contributed by atoms with Crippen LogP contribution in [0.2, 0.25) is 0 Å². The molecule has 1 aromatic heterocycles. The number of nitrogens with zero attached hydrogens (tertiary/aromatic N) is 4. The van der Waals surface area contributed by atoms with E-state index in [0.717, 1.165) is 24.9 Å². The van der Waals surface area contributed by atoms with Crippen LogP contribution in [0.4, 0.5) is 0 Å². The monoisotopic (exact) mass is 348 g/mol.